The van der Waals surface area contributed by atoms with Gasteiger partial charge in [0.2, 0.25) is 0 Å². The van der Waals surface area contributed by atoms with E-state index in [-0.39, 0.29) is 18.2 Å². The van der Waals surface area contributed by atoms with Gasteiger partial charge in [0.25, 0.3) is 0 Å². The second-order valence-corrected chi connectivity index (χ2v) is 5.59. The minimum atomic E-state index is -0.431. The maximum atomic E-state index is 11.7. The standard InChI is InChI=1S/C11H19NO3/c1-11(2,3)15-10(14)12-6-7-4-8(13)5-9(7)12/h7-9,13H,4-6H2,1-3H3/t7-,8?,9-/m1/s1. The van der Waals surface area contributed by atoms with Crippen molar-refractivity contribution in [3.8, 4) is 0 Å². The van der Waals surface area contributed by atoms with Crippen LogP contribution in [0.3, 0.4) is 0 Å². The highest BCUT2D eigenvalue weighted by Gasteiger charge is 2.49. The molecule has 1 saturated carbocycles. The summed E-state index contributed by atoms with van der Waals surface area (Å²) >= 11 is 0. The van der Waals surface area contributed by atoms with Crippen LogP contribution in [0, 0.1) is 5.92 Å². The number of nitrogens with zero attached hydrogens (tertiary/aromatic N) is 1. The monoisotopic (exact) mass is 213 g/mol. The summed E-state index contributed by atoms with van der Waals surface area (Å²) in [7, 11) is 0. The van der Waals surface area contributed by atoms with Crippen LogP contribution in [0.1, 0.15) is 33.6 Å². The van der Waals surface area contributed by atoms with Crippen LogP contribution in [-0.2, 0) is 4.74 Å². The van der Waals surface area contributed by atoms with Gasteiger partial charge in [-0.05, 0) is 39.5 Å². The number of likely N-dealkylation sites (tertiary alicyclic amines) is 1. The maximum Gasteiger partial charge on any atom is 0.410 e. The molecule has 1 unspecified atom stereocenters. The zero-order valence-corrected chi connectivity index (χ0v) is 9.56. The number of ether oxygens (including phenoxy) is 1. The van der Waals surface area contributed by atoms with E-state index in [0.717, 1.165) is 13.0 Å². The molecule has 4 nitrogen and oxygen atoms in total. The molecule has 86 valence electrons. The quantitative estimate of drug-likeness (QED) is 0.661. The number of carbonyl (C=O) groups is 1. The molecule has 1 N–H and O–H groups in total. The Bertz CT molecular complexity index is 271. The SMILES string of the molecule is CC(C)(C)OC(=O)N1C[C@H]2CC(O)C[C@H]21. The lowest BCUT2D eigenvalue weighted by molar-refractivity contribution is -0.0210. The third-order valence-corrected chi connectivity index (χ3v) is 3.09. The van der Waals surface area contributed by atoms with Gasteiger partial charge in [-0.3, -0.25) is 0 Å². The predicted molar refractivity (Wildman–Crippen MR) is 55.5 cm³/mol. The number of aliphatic hydroxyl groups excluding tert-OH is 1. The lowest BCUT2D eigenvalue weighted by atomic mass is 9.93. The van der Waals surface area contributed by atoms with Crippen LogP contribution in [-0.4, -0.2) is 40.4 Å². The van der Waals surface area contributed by atoms with Crippen LogP contribution in [0.5, 0.6) is 0 Å². The average Bonchev–Trinajstić information content (AvgIpc) is 2.28. The highest BCUT2D eigenvalue weighted by atomic mass is 16.6. The van der Waals surface area contributed by atoms with Crippen molar-refractivity contribution in [1.82, 2.24) is 4.90 Å². The average molecular weight is 213 g/mol. The van der Waals surface area contributed by atoms with Gasteiger partial charge in [-0.2, -0.15) is 0 Å². The summed E-state index contributed by atoms with van der Waals surface area (Å²) in [5.74, 6) is 0.493. The van der Waals surface area contributed by atoms with Crippen molar-refractivity contribution in [1.29, 1.82) is 0 Å². The Morgan fingerprint density at radius 2 is 2.07 bits per heavy atom. The molecule has 1 saturated heterocycles. The number of fused-ring (bicyclic) bond motifs is 1. The molecule has 1 amide bonds. The van der Waals surface area contributed by atoms with Crippen LogP contribution < -0.4 is 0 Å². The minimum absolute atomic E-state index is 0.217. The summed E-state index contributed by atoms with van der Waals surface area (Å²) in [4.78, 5) is 13.5. The lowest BCUT2D eigenvalue weighted by Gasteiger charge is -2.44. The second-order valence-electron chi connectivity index (χ2n) is 5.59. The molecule has 2 fully saturated rings. The molecule has 4 heteroatoms. The van der Waals surface area contributed by atoms with E-state index in [1.54, 1.807) is 4.90 Å². The molecular weight excluding hydrogens is 194 g/mol. The van der Waals surface area contributed by atoms with E-state index in [4.69, 9.17) is 4.74 Å². The molecule has 15 heavy (non-hydrogen) atoms. The molecule has 3 atom stereocenters. The van der Waals surface area contributed by atoms with Gasteiger partial charge in [0.1, 0.15) is 5.60 Å². The first-order valence-corrected chi connectivity index (χ1v) is 5.54. The first kappa shape index (κ1) is 10.7. The molecule has 0 aromatic carbocycles. The molecular formula is C11H19NO3. The highest BCUT2D eigenvalue weighted by molar-refractivity contribution is 5.70. The van der Waals surface area contributed by atoms with Crippen LogP contribution in [0.25, 0.3) is 0 Å². The zero-order valence-electron chi connectivity index (χ0n) is 9.56. The largest absolute Gasteiger partial charge is 0.444 e. The fourth-order valence-corrected chi connectivity index (χ4v) is 2.43. The maximum absolute atomic E-state index is 11.7. The number of rotatable bonds is 0. The molecule has 0 aromatic rings. The van der Waals surface area contributed by atoms with Gasteiger partial charge in [0, 0.05) is 12.6 Å². The Balaban J connectivity index is 1.89. The smallest absolute Gasteiger partial charge is 0.410 e. The van der Waals surface area contributed by atoms with E-state index in [2.05, 4.69) is 0 Å². The van der Waals surface area contributed by atoms with Crippen molar-refractivity contribution in [3.05, 3.63) is 0 Å². The van der Waals surface area contributed by atoms with E-state index in [0.29, 0.717) is 12.3 Å². The summed E-state index contributed by atoms with van der Waals surface area (Å²) in [5, 5.41) is 9.46. The fraction of sp³-hybridized carbons (Fsp3) is 0.909. The van der Waals surface area contributed by atoms with Crippen molar-refractivity contribution < 1.29 is 14.6 Å². The molecule has 1 aliphatic carbocycles. The number of hydrogen-bond donors (Lipinski definition) is 1. The molecule has 2 aliphatic rings. The molecule has 0 spiro atoms. The van der Waals surface area contributed by atoms with Gasteiger partial charge in [0.05, 0.1) is 6.10 Å². The van der Waals surface area contributed by atoms with Gasteiger partial charge in [0.15, 0.2) is 0 Å². The van der Waals surface area contributed by atoms with E-state index in [1.807, 2.05) is 20.8 Å². The van der Waals surface area contributed by atoms with Crippen LogP contribution in [0.15, 0.2) is 0 Å². The Morgan fingerprint density at radius 3 is 2.60 bits per heavy atom. The lowest BCUT2D eigenvalue weighted by Crippen LogP contribution is -2.57. The summed E-state index contributed by atoms with van der Waals surface area (Å²) in [6.07, 6.45) is 1.08. The zero-order chi connectivity index (χ0) is 11.2. The Hall–Kier alpha value is -0.770. The Labute approximate surface area is 90.2 Å². The van der Waals surface area contributed by atoms with Gasteiger partial charge in [-0.1, -0.05) is 0 Å². The number of carbonyl (C=O) groups excluding carboxylic acids is 1. The molecule has 0 bridgehead atoms. The van der Waals surface area contributed by atoms with Gasteiger partial charge in [-0.15, -0.1) is 0 Å². The van der Waals surface area contributed by atoms with Crippen molar-refractivity contribution in [2.75, 3.05) is 6.54 Å². The van der Waals surface area contributed by atoms with E-state index in [9.17, 15) is 9.90 Å². The van der Waals surface area contributed by atoms with Crippen LogP contribution in [0.2, 0.25) is 0 Å². The fourth-order valence-electron chi connectivity index (χ4n) is 2.43. The first-order valence-electron chi connectivity index (χ1n) is 5.54. The van der Waals surface area contributed by atoms with E-state index in [1.165, 1.54) is 0 Å². The van der Waals surface area contributed by atoms with Crippen LogP contribution >= 0.6 is 0 Å². The van der Waals surface area contributed by atoms with Gasteiger partial charge >= 0.3 is 6.09 Å². The number of amides is 1. The third-order valence-electron chi connectivity index (χ3n) is 3.09. The highest BCUT2D eigenvalue weighted by Crippen LogP contribution is 2.39. The Morgan fingerprint density at radius 1 is 1.40 bits per heavy atom. The van der Waals surface area contributed by atoms with Crippen molar-refractivity contribution in [2.24, 2.45) is 5.92 Å². The third kappa shape index (κ3) is 2.09. The van der Waals surface area contributed by atoms with Crippen molar-refractivity contribution in [3.63, 3.8) is 0 Å². The van der Waals surface area contributed by atoms with Gasteiger partial charge < -0.3 is 14.7 Å². The Kier molecular flexibility index (Phi) is 2.41. The molecule has 0 aromatic heterocycles. The predicted octanol–water partition coefficient (Wildman–Crippen LogP) is 1.38. The summed E-state index contributed by atoms with van der Waals surface area (Å²) < 4.78 is 5.29. The first-order chi connectivity index (χ1) is 6.87. The van der Waals surface area contributed by atoms with Crippen LogP contribution in [0.4, 0.5) is 4.79 Å². The van der Waals surface area contributed by atoms with Gasteiger partial charge in [-0.25, -0.2) is 4.79 Å². The van der Waals surface area contributed by atoms with E-state index >= 15 is 0 Å². The normalized spacial score (nSPS) is 34.7. The topological polar surface area (TPSA) is 49.8 Å². The molecule has 2 rings (SSSR count). The van der Waals surface area contributed by atoms with E-state index < -0.39 is 5.60 Å². The van der Waals surface area contributed by atoms with Crippen molar-refractivity contribution >= 4 is 6.09 Å². The summed E-state index contributed by atoms with van der Waals surface area (Å²) in [5.41, 5.74) is -0.431. The minimum Gasteiger partial charge on any atom is -0.444 e. The number of aliphatic hydroxyl groups is 1. The summed E-state index contributed by atoms with van der Waals surface area (Å²) in [6.45, 7) is 6.35. The number of hydrogen-bond acceptors (Lipinski definition) is 3. The van der Waals surface area contributed by atoms with Crippen molar-refractivity contribution in [2.45, 2.75) is 51.4 Å². The molecule has 1 aliphatic heterocycles. The molecule has 1 heterocycles. The molecule has 0 radical (unpaired) electrons. The second kappa shape index (κ2) is 3.37. The summed E-state index contributed by atoms with van der Waals surface area (Å²) in [6, 6.07) is 0.217.